The summed E-state index contributed by atoms with van der Waals surface area (Å²) in [5.41, 5.74) is 1.75. The minimum atomic E-state index is -1.01. The highest BCUT2D eigenvalue weighted by molar-refractivity contribution is 5.99. The zero-order valence-electron chi connectivity index (χ0n) is 17.6. The Morgan fingerprint density at radius 1 is 1.23 bits per heavy atom. The Morgan fingerprint density at radius 3 is 2.57 bits per heavy atom. The number of aromatic nitrogens is 3. The first-order chi connectivity index (χ1) is 14.2. The van der Waals surface area contributed by atoms with Gasteiger partial charge in [0.2, 0.25) is 0 Å². The lowest BCUT2D eigenvalue weighted by molar-refractivity contribution is -0.143. The van der Waals surface area contributed by atoms with Gasteiger partial charge in [0, 0.05) is 37.5 Å². The molecule has 0 aliphatic carbocycles. The van der Waals surface area contributed by atoms with Crippen molar-refractivity contribution in [3.05, 3.63) is 58.1 Å². The number of esters is 1. The van der Waals surface area contributed by atoms with Gasteiger partial charge in [-0.2, -0.15) is 0 Å². The second kappa shape index (κ2) is 8.40. The molecule has 9 heteroatoms. The number of hydrogen-bond donors (Lipinski definition) is 2. The molecule has 2 heterocycles. The average Bonchev–Trinajstić information content (AvgIpc) is 3.03. The lowest BCUT2D eigenvalue weighted by Gasteiger charge is -2.23. The Bertz CT molecular complexity index is 1130. The van der Waals surface area contributed by atoms with Crippen LogP contribution in [0.3, 0.4) is 0 Å². The molecule has 0 radical (unpaired) electrons. The zero-order valence-corrected chi connectivity index (χ0v) is 17.6. The number of aromatic amines is 1. The summed E-state index contributed by atoms with van der Waals surface area (Å²) in [6.45, 7) is 4.09. The molecule has 3 aromatic rings. The molecule has 1 unspecified atom stereocenters. The van der Waals surface area contributed by atoms with Crippen molar-refractivity contribution < 1.29 is 14.3 Å². The number of nitrogens with zero attached hydrogens (tertiary/aromatic N) is 3. The van der Waals surface area contributed by atoms with E-state index in [2.05, 4.69) is 15.3 Å². The van der Waals surface area contributed by atoms with Crippen LogP contribution in [-0.2, 0) is 16.6 Å². The maximum absolute atomic E-state index is 12.8. The second-order valence-corrected chi connectivity index (χ2v) is 7.31. The van der Waals surface area contributed by atoms with Crippen LogP contribution in [0.15, 0.2) is 41.3 Å². The lowest BCUT2D eigenvalue weighted by Crippen LogP contribution is -2.34. The van der Waals surface area contributed by atoms with Gasteiger partial charge in [0.05, 0.1) is 18.1 Å². The van der Waals surface area contributed by atoms with E-state index in [1.54, 1.807) is 43.6 Å². The molecule has 2 aromatic heterocycles. The van der Waals surface area contributed by atoms with E-state index in [0.29, 0.717) is 22.2 Å². The number of ether oxygens (including phenoxy) is 1. The molecule has 0 fully saturated rings. The number of carbonyl (C=O) groups excluding carboxylic acids is 2. The zero-order chi connectivity index (χ0) is 22.0. The number of amides is 1. The van der Waals surface area contributed by atoms with Crippen LogP contribution >= 0.6 is 0 Å². The SMILES string of the molecule is COC(=O)C(NC(=O)c1ccc2c(c1)[nH]c(=O)n2C)c1ccc(N(C)C(C)C)nc1. The summed E-state index contributed by atoms with van der Waals surface area (Å²) >= 11 is 0. The van der Waals surface area contributed by atoms with Crippen LogP contribution in [0, 0.1) is 0 Å². The predicted octanol–water partition coefficient (Wildman–Crippen LogP) is 1.75. The molecule has 30 heavy (non-hydrogen) atoms. The van der Waals surface area contributed by atoms with Gasteiger partial charge >= 0.3 is 11.7 Å². The van der Waals surface area contributed by atoms with Crippen LogP contribution in [0.4, 0.5) is 5.82 Å². The van der Waals surface area contributed by atoms with Crippen molar-refractivity contribution in [1.29, 1.82) is 0 Å². The summed E-state index contributed by atoms with van der Waals surface area (Å²) in [4.78, 5) is 46.0. The highest BCUT2D eigenvalue weighted by Gasteiger charge is 2.25. The number of pyridine rings is 1. The van der Waals surface area contributed by atoms with Gasteiger partial charge in [-0.3, -0.25) is 9.36 Å². The number of nitrogens with one attached hydrogen (secondary N) is 2. The van der Waals surface area contributed by atoms with E-state index in [0.717, 1.165) is 5.82 Å². The van der Waals surface area contributed by atoms with E-state index < -0.39 is 17.9 Å². The number of imidazole rings is 1. The summed E-state index contributed by atoms with van der Waals surface area (Å²) < 4.78 is 6.32. The summed E-state index contributed by atoms with van der Waals surface area (Å²) in [5, 5.41) is 2.69. The number of benzene rings is 1. The molecule has 1 amide bonds. The molecule has 0 aliphatic heterocycles. The fourth-order valence-electron chi connectivity index (χ4n) is 3.03. The number of aryl methyl sites for hydroxylation is 1. The monoisotopic (exact) mass is 411 g/mol. The van der Waals surface area contributed by atoms with Crippen molar-refractivity contribution in [1.82, 2.24) is 19.9 Å². The number of H-pyrrole nitrogens is 1. The molecule has 158 valence electrons. The van der Waals surface area contributed by atoms with Crippen molar-refractivity contribution in [3.63, 3.8) is 0 Å². The Kier molecular flexibility index (Phi) is 5.91. The highest BCUT2D eigenvalue weighted by atomic mass is 16.5. The van der Waals surface area contributed by atoms with Crippen LogP contribution in [0.25, 0.3) is 11.0 Å². The average molecular weight is 411 g/mol. The van der Waals surface area contributed by atoms with E-state index in [4.69, 9.17) is 4.74 Å². The van der Waals surface area contributed by atoms with E-state index in [1.165, 1.54) is 11.7 Å². The molecule has 0 aliphatic rings. The van der Waals surface area contributed by atoms with Gasteiger partial charge in [-0.1, -0.05) is 6.07 Å². The standard InChI is InChI=1S/C21H25N5O4/c1-12(2)25(3)17-9-7-14(11-22-17)18(20(28)30-5)24-19(27)13-6-8-16-15(10-13)23-21(29)26(16)4/h6-12,18H,1-5H3,(H,23,29)(H,24,27). The first-order valence-corrected chi connectivity index (χ1v) is 9.49. The van der Waals surface area contributed by atoms with Gasteiger partial charge in [-0.15, -0.1) is 0 Å². The van der Waals surface area contributed by atoms with Crippen molar-refractivity contribution in [2.24, 2.45) is 7.05 Å². The van der Waals surface area contributed by atoms with E-state index in [1.807, 2.05) is 25.8 Å². The summed E-state index contributed by atoms with van der Waals surface area (Å²) in [5.74, 6) is -0.327. The number of anilines is 1. The van der Waals surface area contributed by atoms with Crippen molar-refractivity contribution in [3.8, 4) is 0 Å². The van der Waals surface area contributed by atoms with Crippen molar-refractivity contribution in [2.75, 3.05) is 19.1 Å². The topological polar surface area (TPSA) is 109 Å². The molecule has 0 saturated carbocycles. The van der Waals surface area contributed by atoms with Crippen molar-refractivity contribution >= 4 is 28.7 Å². The number of fused-ring (bicyclic) bond motifs is 1. The molecule has 9 nitrogen and oxygen atoms in total. The van der Waals surface area contributed by atoms with Crippen LogP contribution in [-0.4, -0.2) is 46.6 Å². The third-order valence-electron chi connectivity index (χ3n) is 5.12. The molecule has 1 atom stereocenters. The maximum Gasteiger partial charge on any atom is 0.333 e. The lowest BCUT2D eigenvalue weighted by atomic mass is 10.1. The quantitative estimate of drug-likeness (QED) is 0.598. The van der Waals surface area contributed by atoms with Crippen LogP contribution < -0.4 is 15.9 Å². The number of hydrogen-bond acceptors (Lipinski definition) is 6. The third kappa shape index (κ3) is 4.05. The first-order valence-electron chi connectivity index (χ1n) is 9.49. The van der Waals surface area contributed by atoms with E-state index in [-0.39, 0.29) is 11.7 Å². The summed E-state index contributed by atoms with van der Waals surface area (Å²) in [6, 6.07) is 7.61. The Morgan fingerprint density at radius 2 is 1.97 bits per heavy atom. The molecule has 0 spiro atoms. The largest absolute Gasteiger partial charge is 0.467 e. The van der Waals surface area contributed by atoms with Crippen LogP contribution in [0.5, 0.6) is 0 Å². The first kappa shape index (κ1) is 21.1. The fourth-order valence-corrected chi connectivity index (χ4v) is 3.03. The molecular weight excluding hydrogens is 386 g/mol. The number of carbonyl (C=O) groups is 2. The number of rotatable bonds is 6. The second-order valence-electron chi connectivity index (χ2n) is 7.31. The Hall–Kier alpha value is -3.62. The normalized spacial score (nSPS) is 12.1. The maximum atomic E-state index is 12.8. The minimum Gasteiger partial charge on any atom is -0.467 e. The summed E-state index contributed by atoms with van der Waals surface area (Å²) in [6.07, 6.45) is 1.55. The van der Waals surface area contributed by atoms with Crippen LogP contribution in [0.2, 0.25) is 0 Å². The molecule has 3 rings (SSSR count). The Balaban J connectivity index is 1.87. The smallest absolute Gasteiger partial charge is 0.333 e. The minimum absolute atomic E-state index is 0.263. The fraction of sp³-hybridized carbons (Fsp3) is 0.333. The molecule has 0 bridgehead atoms. The van der Waals surface area contributed by atoms with E-state index in [9.17, 15) is 14.4 Å². The van der Waals surface area contributed by atoms with Gasteiger partial charge < -0.3 is 19.9 Å². The molecule has 0 saturated heterocycles. The number of methoxy groups -OCH3 is 1. The molecular formula is C21H25N5O4. The van der Waals surface area contributed by atoms with Gasteiger partial charge in [-0.25, -0.2) is 14.6 Å². The van der Waals surface area contributed by atoms with Gasteiger partial charge in [-0.05, 0) is 38.1 Å². The predicted molar refractivity (Wildman–Crippen MR) is 114 cm³/mol. The van der Waals surface area contributed by atoms with Gasteiger partial charge in [0.15, 0.2) is 6.04 Å². The summed E-state index contributed by atoms with van der Waals surface area (Å²) in [7, 11) is 4.83. The van der Waals surface area contributed by atoms with Crippen molar-refractivity contribution in [2.45, 2.75) is 25.9 Å². The third-order valence-corrected chi connectivity index (χ3v) is 5.12. The van der Waals surface area contributed by atoms with Gasteiger partial charge in [0.1, 0.15) is 5.82 Å². The van der Waals surface area contributed by atoms with E-state index >= 15 is 0 Å². The Labute approximate surface area is 173 Å². The van der Waals surface area contributed by atoms with Crippen LogP contribution in [0.1, 0.15) is 35.8 Å². The van der Waals surface area contributed by atoms with Gasteiger partial charge in [0.25, 0.3) is 5.91 Å². The molecule has 2 N–H and O–H groups in total. The molecule has 1 aromatic carbocycles. The highest BCUT2D eigenvalue weighted by Crippen LogP contribution is 2.19.